The van der Waals surface area contributed by atoms with Gasteiger partial charge in [-0.3, -0.25) is 9.36 Å². The largest absolute Gasteiger partial charge is 0.495 e. The summed E-state index contributed by atoms with van der Waals surface area (Å²) in [5.41, 5.74) is 2.91. The molecule has 1 aliphatic heterocycles. The van der Waals surface area contributed by atoms with Gasteiger partial charge in [0.05, 0.1) is 46.8 Å². The van der Waals surface area contributed by atoms with Crippen molar-refractivity contribution in [3.05, 3.63) is 201 Å². The van der Waals surface area contributed by atoms with Gasteiger partial charge in [-0.15, -0.1) is 0 Å². The molecule has 0 saturated carbocycles. The van der Waals surface area contributed by atoms with Gasteiger partial charge < -0.3 is 28.1 Å². The van der Waals surface area contributed by atoms with Gasteiger partial charge in [-0.1, -0.05) is 96.6 Å². The van der Waals surface area contributed by atoms with E-state index < -0.39 is 54.6 Å². The predicted octanol–water partition coefficient (Wildman–Crippen LogP) is 9.37. The molecule has 13 nitrogen and oxygen atoms in total. The Kier molecular flexibility index (Phi) is 12.0. The Morgan fingerprint density at radius 1 is 0.708 bits per heavy atom. The lowest BCUT2D eigenvalue weighted by Crippen LogP contribution is -2.42. The maximum atomic E-state index is 15.3. The van der Waals surface area contributed by atoms with Crippen LogP contribution in [0.2, 0.25) is 0 Å². The summed E-state index contributed by atoms with van der Waals surface area (Å²) in [6, 6.07) is 44.5. The molecule has 5 aromatic carbocycles. The average Bonchev–Trinajstić information content (AvgIpc) is 4.00. The van der Waals surface area contributed by atoms with Crippen LogP contribution in [0.3, 0.4) is 0 Å². The van der Waals surface area contributed by atoms with E-state index >= 15 is 4.79 Å². The minimum atomic E-state index is -1.51. The lowest BCUT2D eigenvalue weighted by Gasteiger charge is -2.27. The Morgan fingerprint density at radius 3 is 1.89 bits per heavy atom. The van der Waals surface area contributed by atoms with Crippen LogP contribution in [0.5, 0.6) is 5.75 Å². The first-order chi connectivity index (χ1) is 31.7. The summed E-state index contributed by atoms with van der Waals surface area (Å²) >= 11 is 6.32. The molecule has 14 heteroatoms. The third-order valence-electron chi connectivity index (χ3n) is 10.9. The monoisotopic (exact) mass is 885 g/mol. The van der Waals surface area contributed by atoms with Crippen LogP contribution in [0, 0.1) is 11.7 Å². The fourth-order valence-electron chi connectivity index (χ4n) is 7.73. The Morgan fingerprint density at radius 2 is 1.29 bits per heavy atom. The zero-order valence-corrected chi connectivity index (χ0v) is 35.8. The molecule has 9 rings (SSSR count). The van der Waals surface area contributed by atoms with Crippen molar-refractivity contribution >= 4 is 41.2 Å². The summed E-state index contributed by atoms with van der Waals surface area (Å²) in [5, 5.41) is 0.0591. The summed E-state index contributed by atoms with van der Waals surface area (Å²) in [6.45, 7) is 1.50. The molecule has 1 aliphatic rings. The summed E-state index contributed by atoms with van der Waals surface area (Å²) < 4.78 is 39.7. The van der Waals surface area contributed by atoms with E-state index in [0.717, 1.165) is 5.56 Å². The molecule has 0 bridgehead atoms. The van der Waals surface area contributed by atoms with Crippen molar-refractivity contribution < 1.29 is 42.5 Å². The normalized spacial score (nSPS) is 16.8. The number of hydrogen-bond donors (Lipinski definition) is 0. The van der Waals surface area contributed by atoms with E-state index in [9.17, 15) is 14.4 Å². The first-order valence-electron chi connectivity index (χ1n) is 20.6. The molecule has 0 radical (unpaired) electrons. The standard InChI is InChI=1S/C51H39N3O10S/c1-31-24-26-32(27-25-31)37-29-36(39-23-14-28-60-39)42-45(52-37)54(51(65)53(46(42)55)38-21-12-13-22-40(38)59-2)47-44(64-50(58)35-19-10-5-11-20-35)43(63-49(57)34-17-8-4-9-18-34)41(62-47)30-61-48(56)33-15-6-3-7-16-33/h3-29,41,43-44,47H,30H2,1-2H3/t41-,43-,44+,47-/m1/s1. The van der Waals surface area contributed by atoms with Crippen LogP contribution in [-0.4, -0.2) is 64.1 Å². The molecule has 65 heavy (non-hydrogen) atoms. The van der Waals surface area contributed by atoms with E-state index in [1.807, 2.05) is 31.2 Å². The molecule has 3 aromatic heterocycles. The second-order valence-electron chi connectivity index (χ2n) is 15.1. The van der Waals surface area contributed by atoms with Gasteiger partial charge in [-0.05, 0) is 85.9 Å². The van der Waals surface area contributed by atoms with Gasteiger partial charge in [0.2, 0.25) is 0 Å². The molecule has 0 amide bonds. The molecule has 8 aromatic rings. The number of methoxy groups -OCH3 is 1. The molecule has 4 heterocycles. The molecule has 324 valence electrons. The van der Waals surface area contributed by atoms with E-state index in [4.69, 9.17) is 45.3 Å². The number of hydrogen-bond acceptors (Lipinski definition) is 12. The van der Waals surface area contributed by atoms with Crippen LogP contribution in [0.4, 0.5) is 0 Å². The van der Waals surface area contributed by atoms with Gasteiger partial charge in [0, 0.05) is 11.1 Å². The Labute approximate surface area is 377 Å². The van der Waals surface area contributed by atoms with Gasteiger partial charge in [0.25, 0.3) is 5.56 Å². The molecule has 0 unspecified atom stereocenters. The first kappa shape index (κ1) is 42.4. The van der Waals surface area contributed by atoms with Crippen LogP contribution in [-0.2, 0) is 18.9 Å². The predicted molar refractivity (Wildman–Crippen MR) is 243 cm³/mol. The van der Waals surface area contributed by atoms with Gasteiger partial charge in [-0.2, -0.15) is 0 Å². The maximum absolute atomic E-state index is 15.3. The van der Waals surface area contributed by atoms with E-state index in [1.165, 1.54) is 22.5 Å². The van der Waals surface area contributed by atoms with Gasteiger partial charge in [-0.25, -0.2) is 23.9 Å². The number of furan rings is 1. The molecular weight excluding hydrogens is 847 g/mol. The van der Waals surface area contributed by atoms with Gasteiger partial charge in [0.1, 0.15) is 24.2 Å². The fraction of sp³-hybridized carbons (Fsp3) is 0.137. The third kappa shape index (κ3) is 8.47. The number of aryl methyl sites for hydroxylation is 1. The number of fused-ring (bicyclic) bond motifs is 1. The Balaban J connectivity index is 1.31. The lowest BCUT2D eigenvalue weighted by molar-refractivity contribution is -0.0617. The van der Waals surface area contributed by atoms with E-state index in [1.54, 1.807) is 133 Å². The van der Waals surface area contributed by atoms with Crippen LogP contribution in [0.1, 0.15) is 42.9 Å². The Bertz CT molecular complexity index is 3140. The number of esters is 3. The van der Waals surface area contributed by atoms with Crippen molar-refractivity contribution in [2.75, 3.05) is 13.7 Å². The highest BCUT2D eigenvalue weighted by Gasteiger charge is 2.52. The van der Waals surface area contributed by atoms with E-state index in [2.05, 4.69) is 0 Å². The number of carbonyl (C=O) groups is 3. The molecular formula is C51H39N3O10S. The number of pyridine rings is 1. The second-order valence-corrected chi connectivity index (χ2v) is 15.4. The second kappa shape index (κ2) is 18.4. The summed E-state index contributed by atoms with van der Waals surface area (Å²) in [7, 11) is 1.47. The van der Waals surface area contributed by atoms with Crippen molar-refractivity contribution in [1.82, 2.24) is 14.1 Å². The van der Waals surface area contributed by atoms with E-state index in [0.29, 0.717) is 28.3 Å². The van der Waals surface area contributed by atoms with Crippen molar-refractivity contribution in [2.45, 2.75) is 31.5 Å². The average molecular weight is 886 g/mol. The van der Waals surface area contributed by atoms with E-state index in [-0.39, 0.29) is 38.2 Å². The zero-order chi connectivity index (χ0) is 45.0. The number of carbonyl (C=O) groups excluding carboxylic acids is 3. The van der Waals surface area contributed by atoms with Crippen molar-refractivity contribution in [3.63, 3.8) is 0 Å². The van der Waals surface area contributed by atoms with Crippen molar-refractivity contribution in [2.24, 2.45) is 0 Å². The highest BCUT2D eigenvalue weighted by atomic mass is 32.1. The summed E-state index contributed by atoms with van der Waals surface area (Å²) in [5.74, 6) is -1.58. The smallest absolute Gasteiger partial charge is 0.338 e. The lowest BCUT2D eigenvalue weighted by atomic mass is 10.0. The molecule has 0 spiro atoms. The molecule has 0 N–H and O–H groups in total. The molecule has 1 saturated heterocycles. The number of para-hydroxylation sites is 2. The summed E-state index contributed by atoms with van der Waals surface area (Å²) in [4.78, 5) is 62.2. The highest BCUT2D eigenvalue weighted by Crippen LogP contribution is 2.40. The first-order valence-corrected chi connectivity index (χ1v) is 21.0. The number of benzene rings is 5. The number of aromatic nitrogens is 3. The fourth-order valence-corrected chi connectivity index (χ4v) is 8.11. The molecule has 4 atom stereocenters. The zero-order valence-electron chi connectivity index (χ0n) is 34.9. The summed E-state index contributed by atoms with van der Waals surface area (Å²) in [6.07, 6.45) is -4.21. The third-order valence-corrected chi connectivity index (χ3v) is 11.3. The van der Waals surface area contributed by atoms with Gasteiger partial charge >= 0.3 is 17.9 Å². The number of ether oxygens (including phenoxy) is 5. The highest BCUT2D eigenvalue weighted by molar-refractivity contribution is 7.71. The quantitative estimate of drug-likeness (QED) is 0.0654. The molecule has 1 fully saturated rings. The van der Waals surface area contributed by atoms with Crippen molar-refractivity contribution in [3.8, 4) is 34.0 Å². The topological polar surface area (TPSA) is 150 Å². The Hall–Kier alpha value is -7.94. The minimum Gasteiger partial charge on any atom is -0.495 e. The van der Waals surface area contributed by atoms with Crippen LogP contribution >= 0.6 is 12.2 Å². The molecule has 0 aliphatic carbocycles. The van der Waals surface area contributed by atoms with Crippen LogP contribution < -0.4 is 10.3 Å². The van der Waals surface area contributed by atoms with Gasteiger partial charge in [0.15, 0.2) is 28.9 Å². The van der Waals surface area contributed by atoms with Crippen LogP contribution in [0.15, 0.2) is 173 Å². The minimum absolute atomic E-state index is 0.0245. The van der Waals surface area contributed by atoms with Crippen molar-refractivity contribution in [1.29, 1.82) is 0 Å². The SMILES string of the molecule is COc1ccccc1-n1c(=O)c2c(-c3ccco3)cc(-c3ccc(C)cc3)nc2n([C@@H]2O[C@H](COC(=O)c3ccccc3)[C@@H](OC(=O)c3ccccc3)[C@@H]2OC(=O)c2ccccc2)c1=S. The number of rotatable bonds is 12. The van der Waals surface area contributed by atoms with Crippen LogP contribution in [0.25, 0.3) is 39.3 Å². The number of nitrogens with zero attached hydrogens (tertiary/aromatic N) is 3. The maximum Gasteiger partial charge on any atom is 0.338 e.